The van der Waals surface area contributed by atoms with Crippen molar-refractivity contribution in [3.63, 3.8) is 0 Å². The molecule has 0 saturated heterocycles. The van der Waals surface area contributed by atoms with E-state index in [0.29, 0.717) is 24.4 Å². The van der Waals surface area contributed by atoms with Gasteiger partial charge in [-0.25, -0.2) is 0 Å². The van der Waals surface area contributed by atoms with Gasteiger partial charge in [-0.05, 0) is 63.7 Å². The number of carbonyl (C=O) groups is 2. The van der Waals surface area contributed by atoms with Crippen LogP contribution in [0.3, 0.4) is 0 Å². The van der Waals surface area contributed by atoms with Gasteiger partial charge < -0.3 is 4.90 Å². The fourth-order valence-corrected chi connectivity index (χ4v) is 4.85. The first-order valence-electron chi connectivity index (χ1n) is 10.9. The molecule has 0 N–H and O–H groups in total. The maximum atomic E-state index is 12.9. The van der Waals surface area contributed by atoms with E-state index in [4.69, 9.17) is 0 Å². The molecular formula is C26H34N2O2. The van der Waals surface area contributed by atoms with E-state index in [9.17, 15) is 9.59 Å². The second-order valence-electron chi connectivity index (χ2n) is 8.90. The summed E-state index contributed by atoms with van der Waals surface area (Å²) in [5.41, 5.74) is 3.05. The molecule has 0 atom stereocenters. The molecule has 0 aromatic heterocycles. The van der Waals surface area contributed by atoms with Gasteiger partial charge >= 0.3 is 0 Å². The van der Waals surface area contributed by atoms with Gasteiger partial charge in [-0.3, -0.25) is 14.5 Å². The van der Waals surface area contributed by atoms with Crippen molar-refractivity contribution >= 4 is 11.7 Å². The van der Waals surface area contributed by atoms with Gasteiger partial charge in [-0.2, -0.15) is 0 Å². The van der Waals surface area contributed by atoms with Gasteiger partial charge in [0, 0.05) is 31.1 Å². The molecule has 0 unspecified atom stereocenters. The van der Waals surface area contributed by atoms with E-state index in [-0.39, 0.29) is 17.2 Å². The van der Waals surface area contributed by atoms with E-state index in [1.807, 2.05) is 31.3 Å². The number of carbonyl (C=O) groups excluding carboxylic acids is 2. The van der Waals surface area contributed by atoms with Crippen LogP contribution in [-0.4, -0.2) is 42.6 Å². The highest BCUT2D eigenvalue weighted by Gasteiger charge is 2.39. The molecule has 0 heterocycles. The van der Waals surface area contributed by atoms with Gasteiger partial charge in [0.15, 0.2) is 5.78 Å². The first kappa shape index (κ1) is 22.2. The van der Waals surface area contributed by atoms with Crippen LogP contribution in [0.2, 0.25) is 0 Å². The first-order valence-corrected chi connectivity index (χ1v) is 10.9. The molecule has 4 heteroatoms. The summed E-state index contributed by atoms with van der Waals surface area (Å²) in [6, 6.07) is 18.3. The summed E-state index contributed by atoms with van der Waals surface area (Å²) in [7, 11) is 6.17. The van der Waals surface area contributed by atoms with Crippen molar-refractivity contribution in [2.45, 2.75) is 51.1 Å². The number of Topliss-reactive ketones (excluding diaryl/α,β-unsaturated/α-hetero) is 1. The molecule has 4 nitrogen and oxygen atoms in total. The maximum absolute atomic E-state index is 12.9. The number of hydrogen-bond acceptors (Lipinski definition) is 3. The van der Waals surface area contributed by atoms with Gasteiger partial charge in [0.2, 0.25) is 5.91 Å². The molecule has 30 heavy (non-hydrogen) atoms. The SMILES string of the molecule is CC(=O)c1ccccc1CN(C)C(=O)CC1CCC(c2ccccc2)(N(C)C)CC1. The van der Waals surface area contributed by atoms with Crippen molar-refractivity contribution < 1.29 is 9.59 Å². The number of ketones is 1. The maximum Gasteiger partial charge on any atom is 0.222 e. The Hall–Kier alpha value is -2.46. The molecule has 2 aromatic rings. The molecule has 160 valence electrons. The minimum atomic E-state index is 0.0414. The summed E-state index contributed by atoms with van der Waals surface area (Å²) in [5.74, 6) is 0.620. The van der Waals surface area contributed by atoms with Crippen molar-refractivity contribution in [1.29, 1.82) is 0 Å². The predicted molar refractivity (Wildman–Crippen MR) is 121 cm³/mol. The Balaban J connectivity index is 1.60. The largest absolute Gasteiger partial charge is 0.341 e. The minimum Gasteiger partial charge on any atom is -0.341 e. The van der Waals surface area contributed by atoms with Gasteiger partial charge in [-0.1, -0.05) is 54.6 Å². The van der Waals surface area contributed by atoms with Crippen LogP contribution in [0.4, 0.5) is 0 Å². The van der Waals surface area contributed by atoms with E-state index in [2.05, 4.69) is 49.3 Å². The zero-order valence-electron chi connectivity index (χ0n) is 18.7. The van der Waals surface area contributed by atoms with Crippen molar-refractivity contribution in [3.8, 4) is 0 Å². The van der Waals surface area contributed by atoms with Crippen molar-refractivity contribution in [3.05, 3.63) is 71.3 Å². The smallest absolute Gasteiger partial charge is 0.222 e. The van der Waals surface area contributed by atoms with Crippen LogP contribution >= 0.6 is 0 Å². The first-order chi connectivity index (χ1) is 14.3. The third kappa shape index (κ3) is 4.81. The fourth-order valence-electron chi connectivity index (χ4n) is 4.85. The second kappa shape index (κ2) is 9.57. The van der Waals surface area contributed by atoms with Gasteiger partial charge in [0.1, 0.15) is 0 Å². The molecule has 3 rings (SSSR count). The van der Waals surface area contributed by atoms with E-state index < -0.39 is 0 Å². The van der Waals surface area contributed by atoms with Crippen LogP contribution < -0.4 is 0 Å². The lowest BCUT2D eigenvalue weighted by atomic mass is 9.71. The van der Waals surface area contributed by atoms with Crippen LogP contribution in [0.5, 0.6) is 0 Å². The number of hydrogen-bond donors (Lipinski definition) is 0. The van der Waals surface area contributed by atoms with Crippen LogP contribution in [0.1, 0.15) is 60.5 Å². The summed E-state index contributed by atoms with van der Waals surface area (Å²) in [5, 5.41) is 0. The van der Waals surface area contributed by atoms with Gasteiger partial charge in [0.05, 0.1) is 0 Å². The Morgan fingerprint density at radius 1 is 0.933 bits per heavy atom. The monoisotopic (exact) mass is 406 g/mol. The van der Waals surface area contributed by atoms with Crippen LogP contribution in [0, 0.1) is 5.92 Å². The Kier molecular flexibility index (Phi) is 7.09. The second-order valence-corrected chi connectivity index (χ2v) is 8.90. The lowest BCUT2D eigenvalue weighted by Gasteiger charge is -2.45. The highest BCUT2D eigenvalue weighted by atomic mass is 16.2. The lowest BCUT2D eigenvalue weighted by Crippen LogP contribution is -2.44. The van der Waals surface area contributed by atoms with E-state index in [0.717, 1.165) is 31.2 Å². The summed E-state index contributed by atoms with van der Waals surface area (Å²) >= 11 is 0. The van der Waals surface area contributed by atoms with Crippen molar-refractivity contribution in [2.24, 2.45) is 5.92 Å². The average molecular weight is 407 g/mol. The van der Waals surface area contributed by atoms with E-state index >= 15 is 0 Å². The molecule has 1 saturated carbocycles. The van der Waals surface area contributed by atoms with E-state index in [1.54, 1.807) is 11.8 Å². The number of nitrogens with zero attached hydrogens (tertiary/aromatic N) is 2. The lowest BCUT2D eigenvalue weighted by molar-refractivity contribution is -0.132. The minimum absolute atomic E-state index is 0.0414. The van der Waals surface area contributed by atoms with Crippen LogP contribution in [0.25, 0.3) is 0 Å². The normalized spacial score (nSPS) is 21.4. The number of benzene rings is 2. The van der Waals surface area contributed by atoms with Crippen LogP contribution in [-0.2, 0) is 16.9 Å². The summed E-state index contributed by atoms with van der Waals surface area (Å²) in [4.78, 5) is 28.9. The Morgan fingerprint density at radius 3 is 2.13 bits per heavy atom. The highest BCUT2D eigenvalue weighted by Crippen LogP contribution is 2.43. The Morgan fingerprint density at radius 2 is 1.53 bits per heavy atom. The molecule has 0 aliphatic heterocycles. The third-order valence-electron chi connectivity index (χ3n) is 6.79. The Bertz CT molecular complexity index is 868. The fraction of sp³-hybridized carbons (Fsp3) is 0.462. The van der Waals surface area contributed by atoms with Crippen LogP contribution in [0.15, 0.2) is 54.6 Å². The Labute approximate surface area is 180 Å². The zero-order valence-corrected chi connectivity index (χ0v) is 18.7. The molecule has 2 aromatic carbocycles. The summed E-state index contributed by atoms with van der Waals surface area (Å²) in [6.45, 7) is 2.05. The van der Waals surface area contributed by atoms with Gasteiger partial charge in [-0.15, -0.1) is 0 Å². The quantitative estimate of drug-likeness (QED) is 0.615. The highest BCUT2D eigenvalue weighted by molar-refractivity contribution is 5.95. The molecule has 1 aliphatic rings. The molecule has 0 spiro atoms. The topological polar surface area (TPSA) is 40.6 Å². The molecule has 1 aliphatic carbocycles. The van der Waals surface area contributed by atoms with Crippen molar-refractivity contribution in [2.75, 3.05) is 21.1 Å². The molecule has 1 amide bonds. The number of rotatable bonds is 7. The van der Waals surface area contributed by atoms with Crippen molar-refractivity contribution in [1.82, 2.24) is 9.80 Å². The summed E-state index contributed by atoms with van der Waals surface area (Å²) < 4.78 is 0. The average Bonchev–Trinajstić information content (AvgIpc) is 2.75. The molecule has 0 radical (unpaired) electrons. The van der Waals surface area contributed by atoms with Gasteiger partial charge in [0.25, 0.3) is 0 Å². The zero-order chi connectivity index (χ0) is 21.7. The molecule has 1 fully saturated rings. The standard InChI is InChI=1S/C26H34N2O2/c1-20(29)24-13-9-8-10-22(24)19-28(4)25(30)18-21-14-16-26(17-15-21,27(2)3)23-11-6-5-7-12-23/h5-13,21H,14-19H2,1-4H3. The molecule has 0 bridgehead atoms. The van der Waals surface area contributed by atoms with E-state index in [1.165, 1.54) is 5.56 Å². The number of amides is 1. The third-order valence-corrected chi connectivity index (χ3v) is 6.79. The summed E-state index contributed by atoms with van der Waals surface area (Å²) in [6.07, 6.45) is 4.82. The predicted octanol–water partition coefficient (Wildman–Crippen LogP) is 4.89. The molecular weight excluding hydrogens is 372 g/mol.